The standard InChI is InChI=1S/C14H12Br2N2OS/c1-19-8-5-6-9(14(17)20)12(7-8)18-13-10(15)3-2-4-11(13)16/h2-7,18H,1H3,(H2,17,20). The van der Waals surface area contributed by atoms with E-state index in [1.807, 2.05) is 36.4 Å². The lowest BCUT2D eigenvalue weighted by atomic mass is 10.1. The Morgan fingerprint density at radius 2 is 1.85 bits per heavy atom. The maximum atomic E-state index is 5.76. The van der Waals surface area contributed by atoms with Crippen LogP contribution in [0, 0.1) is 0 Å². The van der Waals surface area contributed by atoms with Crippen LogP contribution in [-0.2, 0) is 0 Å². The number of para-hydroxylation sites is 1. The summed E-state index contributed by atoms with van der Waals surface area (Å²) in [6.07, 6.45) is 0. The average Bonchev–Trinajstić information content (AvgIpc) is 2.42. The Kier molecular flexibility index (Phi) is 5.01. The van der Waals surface area contributed by atoms with Gasteiger partial charge in [-0.2, -0.15) is 0 Å². The summed E-state index contributed by atoms with van der Waals surface area (Å²) in [5, 5.41) is 3.32. The molecule has 0 aromatic heterocycles. The largest absolute Gasteiger partial charge is 0.497 e. The van der Waals surface area contributed by atoms with Crippen molar-refractivity contribution in [3.63, 3.8) is 0 Å². The highest BCUT2D eigenvalue weighted by Gasteiger charge is 2.11. The average molecular weight is 416 g/mol. The van der Waals surface area contributed by atoms with E-state index in [0.29, 0.717) is 4.99 Å². The first kappa shape index (κ1) is 15.3. The van der Waals surface area contributed by atoms with E-state index >= 15 is 0 Å². The highest BCUT2D eigenvalue weighted by atomic mass is 79.9. The summed E-state index contributed by atoms with van der Waals surface area (Å²) in [6, 6.07) is 11.4. The number of methoxy groups -OCH3 is 1. The molecule has 0 bridgehead atoms. The molecule has 0 heterocycles. The van der Waals surface area contributed by atoms with E-state index in [9.17, 15) is 0 Å². The van der Waals surface area contributed by atoms with Gasteiger partial charge in [-0.15, -0.1) is 0 Å². The van der Waals surface area contributed by atoms with E-state index < -0.39 is 0 Å². The molecule has 0 fully saturated rings. The third-order valence-corrected chi connectivity index (χ3v) is 4.26. The Bertz CT molecular complexity index is 641. The highest BCUT2D eigenvalue weighted by molar-refractivity contribution is 9.11. The quantitative estimate of drug-likeness (QED) is 0.716. The molecule has 0 aliphatic carbocycles. The van der Waals surface area contributed by atoms with Crippen LogP contribution in [0.4, 0.5) is 11.4 Å². The van der Waals surface area contributed by atoms with Gasteiger partial charge in [-0.25, -0.2) is 0 Å². The molecule has 0 radical (unpaired) electrons. The van der Waals surface area contributed by atoms with Crippen molar-refractivity contribution >= 4 is 60.4 Å². The molecule has 3 nitrogen and oxygen atoms in total. The lowest BCUT2D eigenvalue weighted by molar-refractivity contribution is 0.415. The first-order valence-corrected chi connectivity index (χ1v) is 7.71. The Labute approximate surface area is 139 Å². The maximum absolute atomic E-state index is 5.76. The maximum Gasteiger partial charge on any atom is 0.120 e. The summed E-state index contributed by atoms with van der Waals surface area (Å²) in [6.45, 7) is 0. The summed E-state index contributed by atoms with van der Waals surface area (Å²) >= 11 is 12.1. The molecule has 2 aromatic rings. The van der Waals surface area contributed by atoms with Gasteiger partial charge in [0.1, 0.15) is 10.7 Å². The number of ether oxygens (including phenoxy) is 1. The molecule has 3 N–H and O–H groups in total. The first-order chi connectivity index (χ1) is 9.52. The fraction of sp³-hybridized carbons (Fsp3) is 0.0714. The molecule has 0 unspecified atom stereocenters. The van der Waals surface area contributed by atoms with Crippen LogP contribution in [0.2, 0.25) is 0 Å². The molecule has 2 aromatic carbocycles. The lowest BCUT2D eigenvalue weighted by Gasteiger charge is -2.15. The van der Waals surface area contributed by atoms with Crippen molar-refractivity contribution < 1.29 is 4.74 Å². The summed E-state index contributed by atoms with van der Waals surface area (Å²) in [5.41, 5.74) is 8.23. The SMILES string of the molecule is COc1ccc(C(N)=S)c(Nc2c(Br)cccc2Br)c1. The molecule has 20 heavy (non-hydrogen) atoms. The molecular formula is C14H12Br2N2OS. The fourth-order valence-corrected chi connectivity index (χ4v) is 3.10. The predicted octanol–water partition coefficient (Wildman–Crippen LogP) is 4.60. The van der Waals surface area contributed by atoms with Crippen molar-refractivity contribution in [1.82, 2.24) is 0 Å². The number of hydrogen-bond acceptors (Lipinski definition) is 3. The van der Waals surface area contributed by atoms with Gasteiger partial charge in [0.15, 0.2) is 0 Å². The van der Waals surface area contributed by atoms with Crippen LogP contribution in [0.1, 0.15) is 5.56 Å². The van der Waals surface area contributed by atoms with E-state index in [1.165, 1.54) is 0 Å². The smallest absolute Gasteiger partial charge is 0.120 e. The van der Waals surface area contributed by atoms with Crippen LogP contribution in [0.3, 0.4) is 0 Å². The Morgan fingerprint density at radius 3 is 2.40 bits per heavy atom. The zero-order valence-corrected chi connectivity index (χ0v) is 14.6. The summed E-state index contributed by atoms with van der Waals surface area (Å²) in [5.74, 6) is 0.732. The summed E-state index contributed by atoms with van der Waals surface area (Å²) in [7, 11) is 1.62. The summed E-state index contributed by atoms with van der Waals surface area (Å²) in [4.78, 5) is 0.332. The van der Waals surface area contributed by atoms with Crippen molar-refractivity contribution in [2.45, 2.75) is 0 Å². The van der Waals surface area contributed by atoms with Crippen molar-refractivity contribution in [1.29, 1.82) is 0 Å². The van der Waals surface area contributed by atoms with Gasteiger partial charge < -0.3 is 15.8 Å². The number of nitrogens with one attached hydrogen (secondary N) is 1. The van der Waals surface area contributed by atoms with Crippen molar-refractivity contribution in [3.8, 4) is 5.75 Å². The minimum Gasteiger partial charge on any atom is -0.497 e. The predicted molar refractivity (Wildman–Crippen MR) is 94.0 cm³/mol. The molecule has 0 spiro atoms. The fourth-order valence-electron chi connectivity index (χ4n) is 1.72. The number of hydrogen-bond donors (Lipinski definition) is 2. The minimum atomic E-state index is 0.332. The molecule has 0 saturated heterocycles. The highest BCUT2D eigenvalue weighted by Crippen LogP contribution is 2.35. The van der Waals surface area contributed by atoms with E-state index in [-0.39, 0.29) is 0 Å². The number of halogens is 2. The normalized spacial score (nSPS) is 10.2. The molecule has 0 saturated carbocycles. The second kappa shape index (κ2) is 6.56. The third kappa shape index (κ3) is 3.31. The Hall–Kier alpha value is -1.11. The number of rotatable bonds is 4. The van der Waals surface area contributed by atoms with Crippen LogP contribution in [-0.4, -0.2) is 12.1 Å². The Balaban J connectivity index is 2.49. The topological polar surface area (TPSA) is 47.3 Å². The number of nitrogens with two attached hydrogens (primary N) is 1. The van der Waals surface area contributed by atoms with Gasteiger partial charge in [0, 0.05) is 20.6 Å². The van der Waals surface area contributed by atoms with E-state index in [2.05, 4.69) is 37.2 Å². The number of anilines is 2. The van der Waals surface area contributed by atoms with Crippen LogP contribution in [0.15, 0.2) is 45.3 Å². The number of benzene rings is 2. The van der Waals surface area contributed by atoms with Gasteiger partial charge in [0.25, 0.3) is 0 Å². The number of thiocarbonyl (C=S) groups is 1. The van der Waals surface area contributed by atoms with Crippen LogP contribution in [0.25, 0.3) is 0 Å². The van der Waals surface area contributed by atoms with E-state index in [1.54, 1.807) is 7.11 Å². The monoisotopic (exact) mass is 414 g/mol. The van der Waals surface area contributed by atoms with Gasteiger partial charge >= 0.3 is 0 Å². The zero-order chi connectivity index (χ0) is 14.7. The van der Waals surface area contributed by atoms with Crippen LogP contribution in [0.5, 0.6) is 5.75 Å². The van der Waals surface area contributed by atoms with Crippen molar-refractivity contribution in [2.75, 3.05) is 12.4 Å². The van der Waals surface area contributed by atoms with Gasteiger partial charge in [-0.1, -0.05) is 18.3 Å². The molecule has 0 amide bonds. The zero-order valence-electron chi connectivity index (χ0n) is 10.6. The van der Waals surface area contributed by atoms with E-state index in [4.69, 9.17) is 22.7 Å². The second-order valence-corrected chi connectivity index (χ2v) is 6.15. The molecule has 0 atom stereocenters. The van der Waals surface area contributed by atoms with Gasteiger partial charge in [0.2, 0.25) is 0 Å². The lowest BCUT2D eigenvalue weighted by Crippen LogP contribution is -2.12. The second-order valence-electron chi connectivity index (χ2n) is 4.00. The van der Waals surface area contributed by atoms with Gasteiger partial charge in [0.05, 0.1) is 18.5 Å². The van der Waals surface area contributed by atoms with E-state index in [0.717, 1.165) is 31.6 Å². The van der Waals surface area contributed by atoms with Crippen molar-refractivity contribution in [2.24, 2.45) is 5.73 Å². The van der Waals surface area contributed by atoms with Crippen LogP contribution >= 0.6 is 44.1 Å². The molecule has 104 valence electrons. The molecule has 0 aliphatic heterocycles. The molecule has 2 rings (SSSR count). The van der Waals surface area contributed by atoms with Gasteiger partial charge in [-0.05, 0) is 56.1 Å². The first-order valence-electron chi connectivity index (χ1n) is 5.72. The molecular weight excluding hydrogens is 404 g/mol. The molecule has 6 heteroatoms. The summed E-state index contributed by atoms with van der Waals surface area (Å²) < 4.78 is 7.11. The van der Waals surface area contributed by atoms with Gasteiger partial charge in [-0.3, -0.25) is 0 Å². The Morgan fingerprint density at radius 1 is 1.20 bits per heavy atom. The van der Waals surface area contributed by atoms with Crippen LogP contribution < -0.4 is 15.8 Å². The minimum absolute atomic E-state index is 0.332. The third-order valence-electron chi connectivity index (χ3n) is 2.71. The molecule has 0 aliphatic rings. The van der Waals surface area contributed by atoms with Crippen molar-refractivity contribution in [3.05, 3.63) is 50.9 Å².